The fraction of sp³-hybridized carbons (Fsp3) is 0.250. The summed E-state index contributed by atoms with van der Waals surface area (Å²) in [6, 6.07) is 8.79. The average Bonchev–Trinajstić information content (AvgIpc) is 2.56. The number of nitrogens with one attached hydrogen (secondary N) is 1. The Morgan fingerprint density at radius 1 is 1.08 bits per heavy atom. The van der Waals surface area contributed by atoms with Crippen molar-refractivity contribution in [2.24, 2.45) is 0 Å². The maximum atomic E-state index is 12.8. The van der Waals surface area contributed by atoms with Crippen molar-refractivity contribution in [3.05, 3.63) is 53.8 Å². The highest BCUT2D eigenvalue weighted by molar-refractivity contribution is 7.89. The minimum absolute atomic E-state index is 0.0489. The zero-order valence-corrected chi connectivity index (χ0v) is 14.0. The number of sulfonamides is 1. The van der Waals surface area contributed by atoms with E-state index in [1.165, 1.54) is 25.3 Å². The van der Waals surface area contributed by atoms with Crippen LogP contribution in [0.2, 0.25) is 0 Å². The van der Waals surface area contributed by atoms with Gasteiger partial charge in [-0.1, -0.05) is 6.07 Å². The maximum absolute atomic E-state index is 12.8. The molecular formula is C16H16F3NO4S. The van der Waals surface area contributed by atoms with Crippen molar-refractivity contribution >= 4 is 10.0 Å². The first-order valence-corrected chi connectivity index (χ1v) is 8.67. The van der Waals surface area contributed by atoms with Crippen LogP contribution in [-0.2, 0) is 16.4 Å². The maximum Gasteiger partial charge on any atom is 0.387 e. The van der Waals surface area contributed by atoms with Crippen LogP contribution in [-0.4, -0.2) is 28.7 Å². The Labute approximate surface area is 143 Å². The first-order valence-electron chi connectivity index (χ1n) is 7.19. The second-order valence-electron chi connectivity index (χ2n) is 4.97. The van der Waals surface area contributed by atoms with E-state index in [0.29, 0.717) is 12.0 Å². The van der Waals surface area contributed by atoms with E-state index < -0.39 is 22.5 Å². The lowest BCUT2D eigenvalue weighted by atomic mass is 10.1. The van der Waals surface area contributed by atoms with Crippen LogP contribution in [0.3, 0.4) is 0 Å². The van der Waals surface area contributed by atoms with Crippen LogP contribution in [0.25, 0.3) is 0 Å². The molecule has 2 aromatic rings. The summed E-state index contributed by atoms with van der Waals surface area (Å²) in [7, 11) is -2.44. The number of ether oxygens (including phenoxy) is 2. The number of alkyl halides is 2. The third-order valence-electron chi connectivity index (χ3n) is 3.27. The van der Waals surface area contributed by atoms with Crippen LogP contribution < -0.4 is 14.2 Å². The number of rotatable bonds is 8. The first kappa shape index (κ1) is 19.1. The van der Waals surface area contributed by atoms with E-state index in [1.807, 2.05) is 0 Å². The highest BCUT2D eigenvalue weighted by Gasteiger charge is 2.14. The van der Waals surface area contributed by atoms with Crippen molar-refractivity contribution in [2.45, 2.75) is 17.9 Å². The molecule has 0 saturated heterocycles. The summed E-state index contributed by atoms with van der Waals surface area (Å²) in [5, 5.41) is 0. The van der Waals surface area contributed by atoms with Gasteiger partial charge in [-0.15, -0.1) is 0 Å². The monoisotopic (exact) mass is 375 g/mol. The third-order valence-corrected chi connectivity index (χ3v) is 4.75. The molecule has 0 spiro atoms. The second-order valence-corrected chi connectivity index (χ2v) is 6.73. The summed E-state index contributed by atoms with van der Waals surface area (Å²) in [6.45, 7) is -2.90. The summed E-state index contributed by atoms with van der Waals surface area (Å²) in [5.74, 6) is -0.510. The number of hydrogen-bond acceptors (Lipinski definition) is 4. The molecule has 0 heterocycles. The zero-order chi connectivity index (χ0) is 18.4. The molecule has 0 aromatic heterocycles. The number of methoxy groups -OCH3 is 1. The van der Waals surface area contributed by atoms with Crippen LogP contribution >= 0.6 is 0 Å². The van der Waals surface area contributed by atoms with Crippen LogP contribution in [0, 0.1) is 5.82 Å². The summed E-state index contributed by atoms with van der Waals surface area (Å²) in [4.78, 5) is -0.0489. The van der Waals surface area contributed by atoms with Crippen LogP contribution in [0.4, 0.5) is 13.2 Å². The van der Waals surface area contributed by atoms with Gasteiger partial charge >= 0.3 is 6.61 Å². The Hall–Kier alpha value is -2.26. The van der Waals surface area contributed by atoms with Crippen LogP contribution in [0.5, 0.6) is 11.5 Å². The van der Waals surface area contributed by atoms with Gasteiger partial charge in [0.25, 0.3) is 0 Å². The molecule has 0 aliphatic rings. The van der Waals surface area contributed by atoms with Gasteiger partial charge in [-0.05, 0) is 48.4 Å². The van der Waals surface area contributed by atoms with Gasteiger partial charge in [0.1, 0.15) is 5.82 Å². The molecule has 1 N–H and O–H groups in total. The topological polar surface area (TPSA) is 64.6 Å². The molecular weight excluding hydrogens is 359 g/mol. The van der Waals surface area contributed by atoms with Crippen molar-refractivity contribution in [3.63, 3.8) is 0 Å². The standard InChI is InChI=1S/C16H16F3NO4S/c1-23-15-10-11(2-7-14(15)24-16(18)19)8-9-20-25(21,22)13-5-3-12(17)4-6-13/h2-7,10,16,20H,8-9H2,1H3. The molecule has 9 heteroatoms. The summed E-state index contributed by atoms with van der Waals surface area (Å²) >= 11 is 0. The van der Waals surface area contributed by atoms with Gasteiger partial charge in [0.05, 0.1) is 12.0 Å². The number of hydrogen-bond donors (Lipinski definition) is 1. The van der Waals surface area contributed by atoms with Crippen molar-refractivity contribution in [3.8, 4) is 11.5 Å². The van der Waals surface area contributed by atoms with E-state index in [4.69, 9.17) is 4.74 Å². The quantitative estimate of drug-likeness (QED) is 0.771. The normalized spacial score (nSPS) is 11.6. The van der Waals surface area contributed by atoms with Gasteiger partial charge in [-0.25, -0.2) is 17.5 Å². The van der Waals surface area contributed by atoms with Gasteiger partial charge in [0, 0.05) is 6.54 Å². The SMILES string of the molecule is COc1cc(CCNS(=O)(=O)c2ccc(F)cc2)ccc1OC(F)F. The van der Waals surface area contributed by atoms with E-state index >= 15 is 0 Å². The molecule has 0 aliphatic carbocycles. The molecule has 2 aromatic carbocycles. The molecule has 25 heavy (non-hydrogen) atoms. The fourth-order valence-electron chi connectivity index (χ4n) is 2.09. The third kappa shape index (κ3) is 5.36. The minimum atomic E-state index is -3.76. The van der Waals surface area contributed by atoms with Crippen LogP contribution in [0.1, 0.15) is 5.56 Å². The van der Waals surface area contributed by atoms with E-state index in [1.54, 1.807) is 0 Å². The number of halogens is 3. The highest BCUT2D eigenvalue weighted by atomic mass is 32.2. The zero-order valence-electron chi connectivity index (χ0n) is 13.2. The number of benzene rings is 2. The average molecular weight is 375 g/mol. The predicted octanol–water partition coefficient (Wildman–Crippen LogP) is 2.96. The van der Waals surface area contributed by atoms with Crippen molar-refractivity contribution < 1.29 is 31.1 Å². The lowest BCUT2D eigenvalue weighted by molar-refractivity contribution is -0.0512. The lowest BCUT2D eigenvalue weighted by Crippen LogP contribution is -2.26. The lowest BCUT2D eigenvalue weighted by Gasteiger charge is -2.12. The van der Waals surface area contributed by atoms with E-state index in [9.17, 15) is 21.6 Å². The van der Waals surface area contributed by atoms with Gasteiger partial charge in [0.2, 0.25) is 10.0 Å². The van der Waals surface area contributed by atoms with Crippen molar-refractivity contribution in [2.75, 3.05) is 13.7 Å². The van der Waals surface area contributed by atoms with E-state index in [2.05, 4.69) is 9.46 Å². The Morgan fingerprint density at radius 2 is 1.76 bits per heavy atom. The Morgan fingerprint density at radius 3 is 2.36 bits per heavy atom. The molecule has 0 saturated carbocycles. The molecule has 0 bridgehead atoms. The molecule has 2 rings (SSSR count). The molecule has 0 atom stereocenters. The molecule has 0 radical (unpaired) electrons. The minimum Gasteiger partial charge on any atom is -0.493 e. The van der Waals surface area contributed by atoms with Crippen molar-refractivity contribution in [1.29, 1.82) is 0 Å². The molecule has 136 valence electrons. The summed E-state index contributed by atoms with van der Waals surface area (Å²) in [6.07, 6.45) is 0.297. The molecule has 0 amide bonds. The largest absolute Gasteiger partial charge is 0.493 e. The highest BCUT2D eigenvalue weighted by Crippen LogP contribution is 2.29. The Bertz CT molecular complexity index is 811. The predicted molar refractivity (Wildman–Crippen MR) is 84.9 cm³/mol. The van der Waals surface area contributed by atoms with Gasteiger partial charge < -0.3 is 9.47 Å². The molecule has 0 aliphatic heterocycles. The van der Waals surface area contributed by atoms with Crippen molar-refractivity contribution in [1.82, 2.24) is 4.72 Å². The van der Waals surface area contributed by atoms with E-state index in [-0.39, 0.29) is 22.9 Å². The van der Waals surface area contributed by atoms with Crippen LogP contribution in [0.15, 0.2) is 47.4 Å². The Balaban J connectivity index is 2.00. The fourth-order valence-corrected chi connectivity index (χ4v) is 3.12. The van der Waals surface area contributed by atoms with Gasteiger partial charge in [-0.2, -0.15) is 8.78 Å². The van der Waals surface area contributed by atoms with Gasteiger partial charge in [0.15, 0.2) is 11.5 Å². The van der Waals surface area contributed by atoms with Gasteiger partial charge in [-0.3, -0.25) is 0 Å². The summed E-state index contributed by atoms with van der Waals surface area (Å²) in [5.41, 5.74) is 0.667. The Kier molecular flexibility index (Phi) is 6.27. The first-order chi connectivity index (χ1) is 11.8. The summed E-state index contributed by atoms with van der Waals surface area (Å²) < 4.78 is 73.2. The smallest absolute Gasteiger partial charge is 0.387 e. The molecule has 5 nitrogen and oxygen atoms in total. The molecule has 0 fully saturated rings. The van der Waals surface area contributed by atoms with E-state index in [0.717, 1.165) is 24.3 Å². The second kappa shape index (κ2) is 8.21. The molecule has 0 unspecified atom stereocenters.